The monoisotopic (exact) mass is 512 g/mol. The van der Waals surface area contributed by atoms with E-state index >= 15 is 0 Å². The number of rotatable bonds is 14. The van der Waals surface area contributed by atoms with Crippen molar-refractivity contribution in [3.63, 3.8) is 0 Å². The van der Waals surface area contributed by atoms with Crippen molar-refractivity contribution in [3.05, 3.63) is 12.2 Å². The normalized spacial score (nSPS) is 20.5. The van der Waals surface area contributed by atoms with Gasteiger partial charge < -0.3 is 29.6 Å². The lowest BCUT2D eigenvalue weighted by atomic mass is 9.62. The maximum atomic E-state index is 12.3. The van der Waals surface area contributed by atoms with Crippen LogP contribution in [0.3, 0.4) is 0 Å². The fourth-order valence-electron chi connectivity index (χ4n) is 4.75. The molecule has 0 aromatic carbocycles. The van der Waals surface area contributed by atoms with Gasteiger partial charge in [-0.25, -0.2) is 14.4 Å². The van der Waals surface area contributed by atoms with Gasteiger partial charge in [0.15, 0.2) is 0 Å². The number of hydrogen-bond donors (Lipinski definition) is 2. The van der Waals surface area contributed by atoms with Crippen LogP contribution in [0.5, 0.6) is 0 Å². The minimum atomic E-state index is -0.581. The standard InChI is InChI=1S/C26H44N2O8/c1-19(2)22(30)34-13-14-36-23(31)27-18-26(6)16-21(15-25(4,5)17-26)28-24(32)35-12-10-8-7-9-11-33-20(3)29/h21H,1,7-18H2,2-6H3,(H,27,31)(H,28,32). The van der Waals surface area contributed by atoms with Crippen LogP contribution in [0.25, 0.3) is 0 Å². The molecular weight excluding hydrogens is 468 g/mol. The van der Waals surface area contributed by atoms with Crippen molar-refractivity contribution < 1.29 is 38.1 Å². The third-order valence-corrected chi connectivity index (χ3v) is 5.90. The summed E-state index contributed by atoms with van der Waals surface area (Å²) in [5, 5.41) is 5.78. The van der Waals surface area contributed by atoms with Gasteiger partial charge in [0.05, 0.1) is 13.2 Å². The van der Waals surface area contributed by atoms with Gasteiger partial charge in [-0.15, -0.1) is 0 Å². The number of ether oxygens (including phenoxy) is 4. The maximum Gasteiger partial charge on any atom is 0.407 e. The lowest BCUT2D eigenvalue weighted by Crippen LogP contribution is -2.50. The molecule has 0 aliphatic heterocycles. The van der Waals surface area contributed by atoms with Crippen LogP contribution in [0.2, 0.25) is 0 Å². The zero-order chi connectivity index (χ0) is 27.2. The summed E-state index contributed by atoms with van der Waals surface area (Å²) in [7, 11) is 0. The van der Waals surface area contributed by atoms with Gasteiger partial charge in [0.25, 0.3) is 0 Å². The van der Waals surface area contributed by atoms with Crippen LogP contribution in [-0.2, 0) is 28.5 Å². The molecule has 1 aliphatic carbocycles. The van der Waals surface area contributed by atoms with Crippen LogP contribution in [0, 0.1) is 10.8 Å². The summed E-state index contributed by atoms with van der Waals surface area (Å²) < 4.78 is 20.2. The van der Waals surface area contributed by atoms with Gasteiger partial charge in [0.2, 0.25) is 0 Å². The molecule has 1 aliphatic rings. The average Bonchev–Trinajstić information content (AvgIpc) is 2.75. The number of alkyl carbamates (subject to hydrolysis) is 2. The minimum absolute atomic E-state index is 0.0325. The van der Waals surface area contributed by atoms with Crippen LogP contribution in [0.1, 0.15) is 79.6 Å². The number of hydrogen-bond acceptors (Lipinski definition) is 8. The second-order valence-electron chi connectivity index (χ2n) is 10.7. The van der Waals surface area contributed by atoms with E-state index in [1.165, 1.54) is 6.92 Å². The molecule has 2 atom stereocenters. The Morgan fingerprint density at radius 1 is 0.806 bits per heavy atom. The quantitative estimate of drug-likeness (QED) is 0.153. The third-order valence-electron chi connectivity index (χ3n) is 5.90. The van der Waals surface area contributed by atoms with Gasteiger partial charge in [0, 0.05) is 25.1 Å². The minimum Gasteiger partial charge on any atom is -0.466 e. The summed E-state index contributed by atoms with van der Waals surface area (Å²) in [6.45, 7) is 13.9. The van der Waals surface area contributed by atoms with Crippen molar-refractivity contribution in [3.8, 4) is 0 Å². The first-order chi connectivity index (χ1) is 16.8. The first-order valence-electron chi connectivity index (χ1n) is 12.6. The number of unbranched alkanes of at least 4 members (excludes halogenated alkanes) is 3. The SMILES string of the molecule is C=C(C)C(=O)OCCOC(=O)NCC1(C)CC(NC(=O)OCCCCCCOC(C)=O)CC(C)(C)C1. The first-order valence-corrected chi connectivity index (χ1v) is 12.6. The van der Waals surface area contributed by atoms with E-state index in [4.69, 9.17) is 18.9 Å². The second kappa shape index (κ2) is 15.4. The molecule has 2 amide bonds. The number of nitrogens with one attached hydrogen (secondary N) is 2. The molecule has 2 N–H and O–H groups in total. The van der Waals surface area contributed by atoms with Crippen molar-refractivity contribution in [2.75, 3.05) is 33.0 Å². The van der Waals surface area contributed by atoms with Crippen molar-refractivity contribution in [2.45, 2.75) is 85.6 Å². The van der Waals surface area contributed by atoms with Gasteiger partial charge in [-0.3, -0.25) is 4.79 Å². The molecule has 0 heterocycles. The summed E-state index contributed by atoms with van der Waals surface area (Å²) in [6, 6.07) is -0.0747. The van der Waals surface area contributed by atoms with Crippen LogP contribution >= 0.6 is 0 Å². The zero-order valence-corrected chi connectivity index (χ0v) is 22.5. The highest BCUT2D eigenvalue weighted by Gasteiger charge is 2.42. The fraction of sp³-hybridized carbons (Fsp3) is 0.769. The number of esters is 2. The molecule has 0 saturated heterocycles. The highest BCUT2D eigenvalue weighted by Crippen LogP contribution is 2.45. The highest BCUT2D eigenvalue weighted by molar-refractivity contribution is 5.86. The smallest absolute Gasteiger partial charge is 0.407 e. The van der Waals surface area contributed by atoms with Crippen molar-refractivity contribution in [1.29, 1.82) is 0 Å². The van der Waals surface area contributed by atoms with Crippen molar-refractivity contribution in [2.24, 2.45) is 10.8 Å². The number of carbonyl (C=O) groups is 4. The molecule has 0 aromatic rings. The molecule has 1 rings (SSSR count). The predicted octanol–water partition coefficient (Wildman–Crippen LogP) is 4.27. The van der Waals surface area contributed by atoms with E-state index in [2.05, 4.69) is 38.0 Å². The molecule has 0 bridgehead atoms. The lowest BCUT2D eigenvalue weighted by molar-refractivity contribution is -0.141. The maximum absolute atomic E-state index is 12.3. The Hall–Kier alpha value is -2.78. The Labute approximate surface area is 214 Å². The van der Waals surface area contributed by atoms with Gasteiger partial charge in [0.1, 0.15) is 13.2 Å². The molecular formula is C26H44N2O8. The molecule has 1 saturated carbocycles. The Bertz CT molecular complexity index is 767. The summed E-state index contributed by atoms with van der Waals surface area (Å²) in [5.41, 5.74) is 0.00908. The largest absolute Gasteiger partial charge is 0.466 e. The molecule has 0 aromatic heterocycles. The van der Waals surface area contributed by atoms with E-state index in [9.17, 15) is 19.2 Å². The Balaban J connectivity index is 2.35. The summed E-state index contributed by atoms with van der Waals surface area (Å²) in [5.74, 6) is -0.796. The van der Waals surface area contributed by atoms with E-state index in [-0.39, 0.29) is 41.6 Å². The summed E-state index contributed by atoms with van der Waals surface area (Å²) in [6.07, 6.45) is 4.70. The van der Waals surface area contributed by atoms with Crippen LogP contribution in [-0.4, -0.2) is 63.1 Å². The van der Waals surface area contributed by atoms with Gasteiger partial charge >= 0.3 is 24.1 Å². The highest BCUT2D eigenvalue weighted by atomic mass is 16.6. The van der Waals surface area contributed by atoms with Gasteiger partial charge in [-0.05, 0) is 62.7 Å². The molecule has 0 spiro atoms. The molecule has 0 radical (unpaired) electrons. The summed E-state index contributed by atoms with van der Waals surface area (Å²) >= 11 is 0. The average molecular weight is 513 g/mol. The molecule has 2 unspecified atom stereocenters. The van der Waals surface area contributed by atoms with E-state index < -0.39 is 18.2 Å². The van der Waals surface area contributed by atoms with Crippen LogP contribution < -0.4 is 10.6 Å². The second-order valence-corrected chi connectivity index (χ2v) is 10.7. The molecule has 206 valence electrons. The molecule has 10 heteroatoms. The Morgan fingerprint density at radius 3 is 2.00 bits per heavy atom. The van der Waals surface area contributed by atoms with Crippen LogP contribution in [0.15, 0.2) is 12.2 Å². The van der Waals surface area contributed by atoms with Crippen molar-refractivity contribution in [1.82, 2.24) is 10.6 Å². The van der Waals surface area contributed by atoms with E-state index in [0.717, 1.165) is 38.5 Å². The van der Waals surface area contributed by atoms with Crippen molar-refractivity contribution >= 4 is 24.1 Å². The molecule has 10 nitrogen and oxygen atoms in total. The topological polar surface area (TPSA) is 129 Å². The first kappa shape index (κ1) is 31.3. The predicted molar refractivity (Wildman–Crippen MR) is 134 cm³/mol. The molecule has 1 fully saturated rings. The fourth-order valence-corrected chi connectivity index (χ4v) is 4.75. The van der Waals surface area contributed by atoms with E-state index in [1.807, 2.05) is 0 Å². The Kier molecular flexibility index (Phi) is 13.3. The Morgan fingerprint density at radius 2 is 1.39 bits per heavy atom. The van der Waals surface area contributed by atoms with Gasteiger partial charge in [-0.2, -0.15) is 0 Å². The zero-order valence-electron chi connectivity index (χ0n) is 22.5. The third kappa shape index (κ3) is 13.9. The van der Waals surface area contributed by atoms with E-state index in [0.29, 0.717) is 26.2 Å². The van der Waals surface area contributed by atoms with Gasteiger partial charge in [-0.1, -0.05) is 27.4 Å². The van der Waals surface area contributed by atoms with Crippen LogP contribution in [0.4, 0.5) is 9.59 Å². The summed E-state index contributed by atoms with van der Waals surface area (Å²) in [4.78, 5) is 46.5. The molecule has 36 heavy (non-hydrogen) atoms. The number of carbonyl (C=O) groups excluding carboxylic acids is 4. The number of amides is 2. The lowest BCUT2D eigenvalue weighted by Gasteiger charge is -2.46. The van der Waals surface area contributed by atoms with E-state index in [1.54, 1.807) is 6.92 Å².